The van der Waals surface area contributed by atoms with Crippen LogP contribution in [0.2, 0.25) is 10.0 Å². The molecule has 2 aromatic rings. The zero-order chi connectivity index (χ0) is 15.6. The average Bonchev–Trinajstić information content (AvgIpc) is 2.45. The van der Waals surface area contributed by atoms with Crippen molar-refractivity contribution in [3.63, 3.8) is 0 Å². The molecule has 0 radical (unpaired) electrons. The second kappa shape index (κ2) is 6.46. The minimum atomic E-state index is -0.0178. The van der Waals surface area contributed by atoms with Crippen LogP contribution in [0.5, 0.6) is 11.5 Å². The fourth-order valence-corrected chi connectivity index (χ4v) is 2.47. The van der Waals surface area contributed by atoms with Crippen LogP contribution in [0, 0.1) is 6.92 Å². The summed E-state index contributed by atoms with van der Waals surface area (Å²) in [5.41, 5.74) is 2.68. The number of phenolic OH excluding ortho intramolecular Hbond substituents is 1. The number of benzene rings is 2. The minimum absolute atomic E-state index is 0.0178. The molecule has 0 saturated carbocycles. The van der Waals surface area contributed by atoms with E-state index >= 15 is 0 Å². The van der Waals surface area contributed by atoms with Crippen molar-refractivity contribution in [2.75, 3.05) is 12.4 Å². The van der Waals surface area contributed by atoms with Crippen LogP contribution in [0.15, 0.2) is 30.3 Å². The molecule has 0 bridgehead atoms. The Kier molecular flexibility index (Phi) is 4.86. The molecule has 21 heavy (non-hydrogen) atoms. The van der Waals surface area contributed by atoms with Gasteiger partial charge in [-0.1, -0.05) is 29.3 Å². The summed E-state index contributed by atoms with van der Waals surface area (Å²) in [6, 6.07) is 8.85. The zero-order valence-corrected chi connectivity index (χ0v) is 13.6. The van der Waals surface area contributed by atoms with Gasteiger partial charge in [0, 0.05) is 11.1 Å². The quantitative estimate of drug-likeness (QED) is 0.812. The first-order valence-electron chi connectivity index (χ1n) is 6.51. The second-order valence-electron chi connectivity index (χ2n) is 4.88. The Morgan fingerprint density at radius 1 is 1.14 bits per heavy atom. The first-order chi connectivity index (χ1) is 9.92. The van der Waals surface area contributed by atoms with Gasteiger partial charge in [0.1, 0.15) is 0 Å². The number of anilines is 1. The van der Waals surface area contributed by atoms with Crippen molar-refractivity contribution < 1.29 is 9.84 Å². The molecular formula is C16H17Cl2NO2. The van der Waals surface area contributed by atoms with Gasteiger partial charge in [-0.2, -0.15) is 0 Å². The molecule has 1 atom stereocenters. The van der Waals surface area contributed by atoms with Gasteiger partial charge in [0.15, 0.2) is 11.5 Å². The van der Waals surface area contributed by atoms with Crippen molar-refractivity contribution in [3.05, 3.63) is 51.5 Å². The van der Waals surface area contributed by atoms with E-state index < -0.39 is 0 Å². The standard InChI is InChI=1S/C16H17Cl2NO2/c1-9-6-13(18)14(8-12(9)17)19-10(2)11-4-5-15(20)16(7-11)21-3/h4-8,10,19-20H,1-3H3. The second-order valence-corrected chi connectivity index (χ2v) is 5.69. The molecule has 2 rings (SSSR count). The normalized spacial score (nSPS) is 12.0. The zero-order valence-electron chi connectivity index (χ0n) is 12.1. The van der Waals surface area contributed by atoms with E-state index in [-0.39, 0.29) is 11.8 Å². The molecule has 0 aliphatic heterocycles. The minimum Gasteiger partial charge on any atom is -0.504 e. The third kappa shape index (κ3) is 3.55. The number of phenols is 1. The van der Waals surface area contributed by atoms with Gasteiger partial charge in [0.2, 0.25) is 0 Å². The van der Waals surface area contributed by atoms with Gasteiger partial charge in [0.05, 0.1) is 17.8 Å². The lowest BCUT2D eigenvalue weighted by atomic mass is 10.1. The van der Waals surface area contributed by atoms with Crippen LogP contribution in [0.4, 0.5) is 5.69 Å². The number of ether oxygens (including phenoxy) is 1. The van der Waals surface area contributed by atoms with Gasteiger partial charge in [-0.3, -0.25) is 0 Å². The summed E-state index contributed by atoms with van der Waals surface area (Å²) in [5.74, 6) is 0.555. The Hall–Kier alpha value is -1.58. The van der Waals surface area contributed by atoms with E-state index in [9.17, 15) is 5.11 Å². The van der Waals surface area contributed by atoms with Gasteiger partial charge >= 0.3 is 0 Å². The highest BCUT2D eigenvalue weighted by Crippen LogP contribution is 2.33. The third-order valence-electron chi connectivity index (χ3n) is 3.32. The molecule has 5 heteroatoms. The number of rotatable bonds is 4. The monoisotopic (exact) mass is 325 g/mol. The summed E-state index contributed by atoms with van der Waals surface area (Å²) >= 11 is 12.4. The molecule has 0 spiro atoms. The fraction of sp³-hybridized carbons (Fsp3) is 0.250. The summed E-state index contributed by atoms with van der Waals surface area (Å²) in [6.07, 6.45) is 0. The van der Waals surface area contributed by atoms with Gasteiger partial charge in [-0.15, -0.1) is 0 Å². The number of methoxy groups -OCH3 is 1. The lowest BCUT2D eigenvalue weighted by Gasteiger charge is -2.18. The van der Waals surface area contributed by atoms with Gasteiger partial charge in [-0.05, 0) is 49.2 Å². The largest absolute Gasteiger partial charge is 0.504 e. The van der Waals surface area contributed by atoms with Crippen LogP contribution in [-0.2, 0) is 0 Å². The number of aromatic hydroxyl groups is 1. The Morgan fingerprint density at radius 3 is 2.52 bits per heavy atom. The van der Waals surface area contributed by atoms with E-state index in [0.717, 1.165) is 16.8 Å². The molecule has 0 heterocycles. The van der Waals surface area contributed by atoms with E-state index in [1.54, 1.807) is 12.1 Å². The Morgan fingerprint density at radius 2 is 1.86 bits per heavy atom. The topological polar surface area (TPSA) is 41.5 Å². The Bertz CT molecular complexity index is 659. The van der Waals surface area contributed by atoms with Crippen molar-refractivity contribution in [3.8, 4) is 11.5 Å². The number of hydrogen-bond acceptors (Lipinski definition) is 3. The van der Waals surface area contributed by atoms with Crippen molar-refractivity contribution in [1.82, 2.24) is 0 Å². The number of nitrogens with one attached hydrogen (secondary N) is 1. The van der Waals surface area contributed by atoms with Crippen molar-refractivity contribution in [1.29, 1.82) is 0 Å². The summed E-state index contributed by atoms with van der Waals surface area (Å²) < 4.78 is 5.12. The smallest absolute Gasteiger partial charge is 0.160 e. The van der Waals surface area contributed by atoms with Crippen LogP contribution in [0.25, 0.3) is 0 Å². The van der Waals surface area contributed by atoms with Crippen LogP contribution >= 0.6 is 23.2 Å². The maximum atomic E-state index is 9.63. The van der Waals surface area contributed by atoms with Gasteiger partial charge in [0.25, 0.3) is 0 Å². The Labute approximate surface area is 134 Å². The van der Waals surface area contributed by atoms with E-state index in [1.165, 1.54) is 7.11 Å². The highest BCUT2D eigenvalue weighted by molar-refractivity contribution is 6.35. The van der Waals surface area contributed by atoms with E-state index in [4.69, 9.17) is 27.9 Å². The van der Waals surface area contributed by atoms with Crippen molar-refractivity contribution in [2.45, 2.75) is 19.9 Å². The first kappa shape index (κ1) is 15.8. The molecule has 3 nitrogen and oxygen atoms in total. The summed E-state index contributed by atoms with van der Waals surface area (Å²) in [7, 11) is 1.52. The van der Waals surface area contributed by atoms with E-state index in [2.05, 4.69) is 5.32 Å². The molecule has 2 aromatic carbocycles. The lowest BCUT2D eigenvalue weighted by molar-refractivity contribution is 0.373. The summed E-state index contributed by atoms with van der Waals surface area (Å²) in [4.78, 5) is 0. The van der Waals surface area contributed by atoms with Crippen molar-refractivity contribution >= 4 is 28.9 Å². The first-order valence-corrected chi connectivity index (χ1v) is 7.27. The molecular weight excluding hydrogens is 309 g/mol. The van der Waals surface area contributed by atoms with Crippen molar-refractivity contribution in [2.24, 2.45) is 0 Å². The molecule has 2 N–H and O–H groups in total. The average molecular weight is 326 g/mol. The predicted molar refractivity (Wildman–Crippen MR) is 87.9 cm³/mol. The van der Waals surface area contributed by atoms with Gasteiger partial charge < -0.3 is 15.2 Å². The number of halogens is 2. The fourth-order valence-electron chi connectivity index (χ4n) is 2.04. The van der Waals surface area contributed by atoms with E-state index in [1.807, 2.05) is 32.0 Å². The molecule has 0 fully saturated rings. The molecule has 0 aliphatic rings. The molecule has 0 aromatic heterocycles. The SMILES string of the molecule is COc1cc(C(C)Nc2cc(Cl)c(C)cc2Cl)ccc1O. The maximum Gasteiger partial charge on any atom is 0.160 e. The molecule has 1 unspecified atom stereocenters. The highest BCUT2D eigenvalue weighted by atomic mass is 35.5. The lowest BCUT2D eigenvalue weighted by Crippen LogP contribution is -2.07. The maximum absolute atomic E-state index is 9.63. The highest BCUT2D eigenvalue weighted by Gasteiger charge is 2.12. The van der Waals surface area contributed by atoms with Crippen LogP contribution in [0.3, 0.4) is 0 Å². The molecule has 112 valence electrons. The van der Waals surface area contributed by atoms with E-state index in [0.29, 0.717) is 15.8 Å². The molecule has 0 aliphatic carbocycles. The summed E-state index contributed by atoms with van der Waals surface area (Å²) in [6.45, 7) is 3.90. The Balaban J connectivity index is 2.25. The summed E-state index contributed by atoms with van der Waals surface area (Å²) in [5, 5.41) is 14.2. The predicted octanol–water partition coefficient (Wildman–Crippen LogP) is 5.19. The van der Waals surface area contributed by atoms with Crippen LogP contribution in [0.1, 0.15) is 24.1 Å². The molecule has 0 saturated heterocycles. The molecule has 0 amide bonds. The van der Waals surface area contributed by atoms with Crippen LogP contribution in [-0.4, -0.2) is 12.2 Å². The van der Waals surface area contributed by atoms with Crippen LogP contribution < -0.4 is 10.1 Å². The van der Waals surface area contributed by atoms with Gasteiger partial charge in [-0.25, -0.2) is 0 Å². The number of aryl methyl sites for hydroxylation is 1. The third-order valence-corrected chi connectivity index (χ3v) is 4.04. The number of hydrogen-bond donors (Lipinski definition) is 2.